The van der Waals surface area contributed by atoms with Gasteiger partial charge in [-0.3, -0.25) is 19.3 Å². The van der Waals surface area contributed by atoms with E-state index in [9.17, 15) is 14.4 Å². The maximum absolute atomic E-state index is 13.6. The summed E-state index contributed by atoms with van der Waals surface area (Å²) in [7, 11) is 0. The van der Waals surface area contributed by atoms with Crippen LogP contribution in [0.25, 0.3) is 33.1 Å². The summed E-state index contributed by atoms with van der Waals surface area (Å²) in [5.41, 5.74) is 3.18. The van der Waals surface area contributed by atoms with Crippen LogP contribution >= 0.6 is 11.3 Å². The molecule has 4 heterocycles. The summed E-state index contributed by atoms with van der Waals surface area (Å²) < 4.78 is 7.40. The number of fused-ring (bicyclic) bond motifs is 3. The van der Waals surface area contributed by atoms with Crippen molar-refractivity contribution >= 4 is 56.0 Å². The minimum absolute atomic E-state index is 0.196. The maximum atomic E-state index is 13.6. The van der Waals surface area contributed by atoms with Crippen molar-refractivity contribution in [3.63, 3.8) is 0 Å². The molecule has 3 aromatic heterocycles. The van der Waals surface area contributed by atoms with Crippen LogP contribution in [0.4, 0.5) is 11.4 Å². The Bertz CT molecular complexity index is 2060. The molecular weight excluding hydrogens is 514 g/mol. The lowest BCUT2D eigenvalue weighted by atomic mass is 10.1. The smallest absolute Gasteiger partial charge is 0.291 e. The Labute approximate surface area is 224 Å². The van der Waals surface area contributed by atoms with Crippen LogP contribution in [0.3, 0.4) is 0 Å². The Morgan fingerprint density at radius 1 is 0.974 bits per heavy atom. The van der Waals surface area contributed by atoms with Crippen molar-refractivity contribution in [2.75, 3.05) is 16.8 Å². The Hall–Kier alpha value is -5.09. The molecule has 7 rings (SSSR count). The molecule has 190 valence electrons. The van der Waals surface area contributed by atoms with Crippen molar-refractivity contribution in [3.05, 3.63) is 105 Å². The second-order valence-corrected chi connectivity index (χ2v) is 10.1. The molecule has 6 aromatic rings. The fourth-order valence-corrected chi connectivity index (χ4v) is 5.89. The number of aromatic nitrogens is 3. The normalized spacial score (nSPS) is 14.4. The van der Waals surface area contributed by atoms with E-state index in [0.717, 1.165) is 22.3 Å². The molecule has 0 aliphatic carbocycles. The number of benzene rings is 3. The average molecular weight is 534 g/mol. The van der Waals surface area contributed by atoms with E-state index in [1.54, 1.807) is 36.4 Å². The van der Waals surface area contributed by atoms with Gasteiger partial charge in [0.15, 0.2) is 5.76 Å². The molecule has 39 heavy (non-hydrogen) atoms. The van der Waals surface area contributed by atoms with Crippen LogP contribution in [0.5, 0.6) is 0 Å². The molecule has 0 bridgehead atoms. The third kappa shape index (κ3) is 3.64. The molecule has 1 aliphatic rings. The number of hydrogen-bond acceptors (Lipinski definition) is 7. The van der Waals surface area contributed by atoms with E-state index in [4.69, 9.17) is 4.42 Å². The third-order valence-corrected chi connectivity index (χ3v) is 7.74. The topological polar surface area (TPSA) is 110 Å². The number of para-hydroxylation sites is 3. The second-order valence-electron chi connectivity index (χ2n) is 9.12. The van der Waals surface area contributed by atoms with E-state index in [2.05, 4.69) is 15.4 Å². The number of amides is 2. The molecule has 3 aromatic carbocycles. The zero-order valence-electron chi connectivity index (χ0n) is 20.5. The van der Waals surface area contributed by atoms with Gasteiger partial charge in [-0.25, -0.2) is 0 Å². The molecular formula is C29H19N5O4S. The molecule has 2 amide bonds. The van der Waals surface area contributed by atoms with Gasteiger partial charge >= 0.3 is 0 Å². The summed E-state index contributed by atoms with van der Waals surface area (Å²) in [5, 5.41) is 8.19. The van der Waals surface area contributed by atoms with Crippen molar-refractivity contribution in [2.45, 2.75) is 6.92 Å². The standard InChI is InChI=1S/C29H19N5O4S/c1-16-18-11-6-8-14-21(18)38-24(16)26-31-29-34(32-26)28(37)25(39-29)23-19-12-5-7-13-20(19)33(27(23)36)15-22(35)30-17-9-3-2-4-10-17/h2-14H,15H2,1H3,(H,30,35)/b25-23-. The Morgan fingerprint density at radius 3 is 2.51 bits per heavy atom. The van der Waals surface area contributed by atoms with Gasteiger partial charge in [0.1, 0.15) is 16.7 Å². The minimum atomic E-state index is -0.448. The molecule has 0 radical (unpaired) electrons. The number of hydrogen-bond donors (Lipinski definition) is 1. The number of furan rings is 1. The molecule has 1 aliphatic heterocycles. The predicted molar refractivity (Wildman–Crippen MR) is 149 cm³/mol. The summed E-state index contributed by atoms with van der Waals surface area (Å²) in [6.45, 7) is 1.73. The van der Waals surface area contributed by atoms with E-state index in [1.165, 1.54) is 9.42 Å². The highest BCUT2D eigenvalue weighted by Gasteiger charge is 2.35. The Kier molecular flexibility index (Phi) is 5.17. The minimum Gasteiger partial charge on any atom is -0.452 e. The maximum Gasteiger partial charge on any atom is 0.291 e. The van der Waals surface area contributed by atoms with Crippen LogP contribution in [0.15, 0.2) is 88.1 Å². The van der Waals surface area contributed by atoms with Gasteiger partial charge in [-0.1, -0.05) is 65.9 Å². The summed E-state index contributed by atoms with van der Waals surface area (Å²) in [4.78, 5) is 46.3. The van der Waals surface area contributed by atoms with Gasteiger partial charge in [0.2, 0.25) is 16.7 Å². The van der Waals surface area contributed by atoms with Crippen LogP contribution in [-0.4, -0.2) is 33.0 Å². The van der Waals surface area contributed by atoms with Gasteiger partial charge in [-0.2, -0.15) is 9.50 Å². The fraction of sp³-hybridized carbons (Fsp3) is 0.0690. The first-order chi connectivity index (χ1) is 19.0. The van der Waals surface area contributed by atoms with Crippen LogP contribution in [0.1, 0.15) is 11.1 Å². The van der Waals surface area contributed by atoms with E-state index < -0.39 is 11.5 Å². The summed E-state index contributed by atoms with van der Waals surface area (Å²) >= 11 is 1.09. The largest absolute Gasteiger partial charge is 0.452 e. The van der Waals surface area contributed by atoms with Crippen LogP contribution in [-0.2, 0) is 9.59 Å². The van der Waals surface area contributed by atoms with Gasteiger partial charge in [0, 0.05) is 22.2 Å². The summed E-state index contributed by atoms with van der Waals surface area (Å²) in [6, 6.07) is 23.8. The van der Waals surface area contributed by atoms with Crippen molar-refractivity contribution in [1.82, 2.24) is 14.6 Å². The lowest BCUT2D eigenvalue weighted by molar-refractivity contribution is -0.118. The first-order valence-electron chi connectivity index (χ1n) is 12.2. The number of rotatable bonds is 4. The fourth-order valence-electron chi connectivity index (χ4n) is 4.89. The Morgan fingerprint density at radius 2 is 1.72 bits per heavy atom. The van der Waals surface area contributed by atoms with Gasteiger partial charge in [0.05, 0.1) is 11.3 Å². The van der Waals surface area contributed by atoms with Crippen LogP contribution in [0, 0.1) is 6.92 Å². The van der Waals surface area contributed by atoms with E-state index in [1.807, 2.05) is 49.4 Å². The van der Waals surface area contributed by atoms with E-state index >= 15 is 0 Å². The first kappa shape index (κ1) is 23.1. The summed E-state index contributed by atoms with van der Waals surface area (Å²) in [5.74, 6) is 0.0374. The zero-order valence-corrected chi connectivity index (χ0v) is 21.4. The number of thiazole rings is 1. The zero-order chi connectivity index (χ0) is 26.7. The molecule has 10 heteroatoms. The van der Waals surface area contributed by atoms with Crippen LogP contribution in [0.2, 0.25) is 0 Å². The number of nitrogens with one attached hydrogen (secondary N) is 1. The monoisotopic (exact) mass is 533 g/mol. The quantitative estimate of drug-likeness (QED) is 0.369. The number of aryl methyl sites for hydroxylation is 1. The molecule has 1 N–H and O–H groups in total. The number of nitrogens with zero attached hydrogens (tertiary/aromatic N) is 4. The van der Waals surface area contributed by atoms with Gasteiger partial charge in [-0.15, -0.1) is 5.10 Å². The molecule has 0 spiro atoms. The third-order valence-electron chi connectivity index (χ3n) is 6.71. The van der Waals surface area contributed by atoms with Gasteiger partial charge in [0.25, 0.3) is 11.5 Å². The lowest BCUT2D eigenvalue weighted by Gasteiger charge is -2.16. The molecule has 9 nitrogen and oxygen atoms in total. The van der Waals surface area contributed by atoms with E-state index in [0.29, 0.717) is 39.1 Å². The second kappa shape index (κ2) is 8.74. The molecule has 0 unspecified atom stereocenters. The molecule has 0 fully saturated rings. The SMILES string of the molecule is Cc1c(-c2nc3s/c(=C4\C(=O)N(CC(=O)Nc5ccccc5)c5ccccc54)c(=O)n3n2)oc2ccccc12. The lowest BCUT2D eigenvalue weighted by Crippen LogP contribution is -2.37. The first-order valence-corrected chi connectivity index (χ1v) is 13.0. The number of anilines is 2. The summed E-state index contributed by atoms with van der Waals surface area (Å²) in [6.07, 6.45) is 0. The van der Waals surface area contributed by atoms with Crippen molar-refractivity contribution < 1.29 is 14.0 Å². The molecule has 0 saturated heterocycles. The van der Waals surface area contributed by atoms with Gasteiger partial charge < -0.3 is 9.73 Å². The number of carbonyl (C=O) groups is 2. The molecule has 0 saturated carbocycles. The van der Waals surface area contributed by atoms with Crippen molar-refractivity contribution in [1.29, 1.82) is 0 Å². The highest BCUT2D eigenvalue weighted by atomic mass is 32.1. The predicted octanol–water partition coefficient (Wildman–Crippen LogP) is 3.78. The number of carbonyl (C=O) groups excluding carboxylic acids is 2. The van der Waals surface area contributed by atoms with Gasteiger partial charge in [-0.05, 0) is 31.2 Å². The van der Waals surface area contributed by atoms with Crippen molar-refractivity contribution in [2.24, 2.45) is 0 Å². The average Bonchev–Trinajstić information content (AvgIpc) is 3.66. The highest BCUT2D eigenvalue weighted by molar-refractivity contribution is 7.15. The van der Waals surface area contributed by atoms with Crippen molar-refractivity contribution in [3.8, 4) is 11.6 Å². The molecule has 0 atom stereocenters. The van der Waals surface area contributed by atoms with Crippen LogP contribution < -0.4 is 20.3 Å². The highest BCUT2D eigenvalue weighted by Crippen LogP contribution is 2.35. The van der Waals surface area contributed by atoms with E-state index in [-0.39, 0.29) is 22.6 Å². The Balaban J connectivity index is 1.29.